The van der Waals surface area contributed by atoms with Gasteiger partial charge in [0.25, 0.3) is 0 Å². The van der Waals surface area contributed by atoms with E-state index >= 15 is 0 Å². The van der Waals surface area contributed by atoms with Crippen LogP contribution in [-0.4, -0.2) is 77.7 Å². The fourth-order valence-corrected chi connectivity index (χ4v) is 3.73. The summed E-state index contributed by atoms with van der Waals surface area (Å²) in [7, 11) is 1.75. The van der Waals surface area contributed by atoms with Gasteiger partial charge in [0.2, 0.25) is 11.9 Å². The number of rotatable bonds is 8. The molecule has 162 valence electrons. The van der Waals surface area contributed by atoms with Crippen molar-refractivity contribution in [2.24, 2.45) is 5.73 Å². The lowest BCUT2D eigenvalue weighted by molar-refractivity contribution is -0.128. The Labute approximate surface area is 178 Å². The summed E-state index contributed by atoms with van der Waals surface area (Å²) in [5.74, 6) is 0.540. The van der Waals surface area contributed by atoms with E-state index in [1.54, 1.807) is 11.9 Å². The van der Waals surface area contributed by atoms with Gasteiger partial charge in [0, 0.05) is 57.7 Å². The van der Waals surface area contributed by atoms with Gasteiger partial charge in [-0.2, -0.15) is 0 Å². The number of ether oxygens (including phenoxy) is 1. The van der Waals surface area contributed by atoms with Crippen molar-refractivity contribution in [1.29, 1.82) is 0 Å². The number of carbonyl (C=O) groups is 1. The highest BCUT2D eigenvalue weighted by Crippen LogP contribution is 2.20. The third-order valence-electron chi connectivity index (χ3n) is 5.14. The third-order valence-corrected chi connectivity index (χ3v) is 5.14. The summed E-state index contributed by atoms with van der Waals surface area (Å²) in [6.45, 7) is 8.38. The molecular weight excluding hydrogens is 380 g/mol. The molecule has 1 aliphatic rings. The minimum absolute atomic E-state index is 0.0160. The van der Waals surface area contributed by atoms with Crippen molar-refractivity contribution in [3.63, 3.8) is 0 Å². The molecule has 2 atom stereocenters. The van der Waals surface area contributed by atoms with Crippen molar-refractivity contribution in [2.45, 2.75) is 32.6 Å². The van der Waals surface area contributed by atoms with Crippen molar-refractivity contribution >= 4 is 11.9 Å². The standard InChI is InChI=1S/C22H32N6O2/c1-16-13-28(14-17(2)30-16)8-7-24-22-25-11-20(12-26-22)19-6-4-5-18(9-19)15-27(3)21(29)10-23/h4-6,9,11-12,16-17H,7-8,10,13-15,23H2,1-3H3,(H,24,25,26)/t16-,17+. The van der Waals surface area contributed by atoms with Gasteiger partial charge in [-0.1, -0.05) is 18.2 Å². The quantitative estimate of drug-likeness (QED) is 0.679. The molecule has 0 radical (unpaired) electrons. The van der Waals surface area contributed by atoms with E-state index in [0.29, 0.717) is 12.5 Å². The zero-order chi connectivity index (χ0) is 21.5. The van der Waals surface area contributed by atoms with E-state index in [9.17, 15) is 4.79 Å². The maximum atomic E-state index is 11.7. The van der Waals surface area contributed by atoms with Gasteiger partial charge in [-0.3, -0.25) is 9.69 Å². The van der Waals surface area contributed by atoms with Crippen LogP contribution in [0.4, 0.5) is 5.95 Å². The van der Waals surface area contributed by atoms with Crippen molar-refractivity contribution < 1.29 is 9.53 Å². The average Bonchev–Trinajstić information content (AvgIpc) is 2.73. The topological polar surface area (TPSA) is 96.6 Å². The zero-order valence-corrected chi connectivity index (χ0v) is 18.0. The van der Waals surface area contributed by atoms with E-state index in [0.717, 1.165) is 42.9 Å². The smallest absolute Gasteiger partial charge is 0.236 e. The molecule has 0 saturated carbocycles. The van der Waals surface area contributed by atoms with Crippen LogP contribution in [0.1, 0.15) is 19.4 Å². The number of amides is 1. The van der Waals surface area contributed by atoms with Crippen LogP contribution in [0.5, 0.6) is 0 Å². The molecule has 0 aliphatic carbocycles. The van der Waals surface area contributed by atoms with Crippen LogP contribution in [0, 0.1) is 0 Å². The molecule has 1 saturated heterocycles. The maximum Gasteiger partial charge on any atom is 0.236 e. The number of nitrogens with zero attached hydrogens (tertiary/aromatic N) is 4. The van der Waals surface area contributed by atoms with Gasteiger partial charge in [-0.25, -0.2) is 9.97 Å². The van der Waals surface area contributed by atoms with E-state index in [2.05, 4.69) is 34.0 Å². The van der Waals surface area contributed by atoms with Crippen LogP contribution in [0.25, 0.3) is 11.1 Å². The Bertz CT molecular complexity index is 819. The summed E-state index contributed by atoms with van der Waals surface area (Å²) in [5.41, 5.74) is 8.42. The first-order valence-corrected chi connectivity index (χ1v) is 10.4. The van der Waals surface area contributed by atoms with Crippen LogP contribution in [-0.2, 0) is 16.1 Å². The van der Waals surface area contributed by atoms with E-state index in [1.807, 2.05) is 36.7 Å². The van der Waals surface area contributed by atoms with Crippen molar-refractivity contribution in [3.05, 3.63) is 42.2 Å². The number of anilines is 1. The number of hydrogen-bond donors (Lipinski definition) is 2. The second-order valence-corrected chi connectivity index (χ2v) is 7.89. The number of morpholine rings is 1. The number of nitrogens with one attached hydrogen (secondary N) is 1. The Kier molecular flexibility index (Phi) is 7.73. The van der Waals surface area contributed by atoms with E-state index in [-0.39, 0.29) is 24.7 Å². The second-order valence-electron chi connectivity index (χ2n) is 7.89. The molecule has 1 aromatic heterocycles. The molecule has 2 heterocycles. The number of nitrogens with two attached hydrogens (primary N) is 1. The maximum absolute atomic E-state index is 11.7. The summed E-state index contributed by atoms with van der Waals surface area (Å²) in [6.07, 6.45) is 4.19. The van der Waals surface area contributed by atoms with Crippen molar-refractivity contribution in [3.8, 4) is 11.1 Å². The number of hydrogen-bond acceptors (Lipinski definition) is 7. The summed E-state index contributed by atoms with van der Waals surface area (Å²) >= 11 is 0. The Morgan fingerprint density at radius 1 is 1.23 bits per heavy atom. The SMILES string of the molecule is C[C@@H]1CN(CCNc2ncc(-c3cccc(CN(C)C(=O)CN)c3)cn2)C[C@H](C)O1. The normalized spacial score (nSPS) is 19.5. The van der Waals surface area contributed by atoms with Crippen molar-refractivity contribution in [2.75, 3.05) is 45.1 Å². The molecule has 0 unspecified atom stereocenters. The molecular formula is C22H32N6O2. The van der Waals surface area contributed by atoms with Crippen LogP contribution in [0.2, 0.25) is 0 Å². The monoisotopic (exact) mass is 412 g/mol. The summed E-state index contributed by atoms with van der Waals surface area (Å²) in [4.78, 5) is 24.6. The molecule has 1 aliphatic heterocycles. The lowest BCUT2D eigenvalue weighted by atomic mass is 10.1. The third kappa shape index (κ3) is 6.22. The van der Waals surface area contributed by atoms with Gasteiger partial charge in [0.05, 0.1) is 18.8 Å². The molecule has 3 rings (SSSR count). The highest BCUT2D eigenvalue weighted by atomic mass is 16.5. The van der Waals surface area contributed by atoms with E-state index in [1.165, 1.54) is 0 Å². The molecule has 1 amide bonds. The van der Waals surface area contributed by atoms with Crippen LogP contribution in [0.3, 0.4) is 0 Å². The number of likely N-dealkylation sites (N-methyl/N-ethyl adjacent to an activating group) is 1. The molecule has 8 nitrogen and oxygen atoms in total. The Morgan fingerprint density at radius 2 is 1.93 bits per heavy atom. The Balaban J connectivity index is 1.54. The molecule has 1 fully saturated rings. The largest absolute Gasteiger partial charge is 0.373 e. The molecule has 1 aromatic carbocycles. The van der Waals surface area contributed by atoms with Gasteiger partial charge in [0.1, 0.15) is 0 Å². The first-order valence-electron chi connectivity index (χ1n) is 10.4. The number of carbonyl (C=O) groups excluding carboxylic acids is 1. The number of benzene rings is 1. The first kappa shape index (κ1) is 22.1. The summed E-state index contributed by atoms with van der Waals surface area (Å²) in [5, 5.41) is 3.30. The zero-order valence-electron chi connectivity index (χ0n) is 18.0. The molecule has 30 heavy (non-hydrogen) atoms. The fraction of sp³-hybridized carbons (Fsp3) is 0.500. The molecule has 0 bridgehead atoms. The predicted molar refractivity (Wildman–Crippen MR) is 118 cm³/mol. The minimum Gasteiger partial charge on any atom is -0.373 e. The highest BCUT2D eigenvalue weighted by Gasteiger charge is 2.21. The van der Waals surface area contributed by atoms with Gasteiger partial charge < -0.3 is 20.7 Å². The van der Waals surface area contributed by atoms with Crippen LogP contribution < -0.4 is 11.1 Å². The Morgan fingerprint density at radius 3 is 2.60 bits per heavy atom. The van der Waals surface area contributed by atoms with E-state index in [4.69, 9.17) is 10.5 Å². The van der Waals surface area contributed by atoms with E-state index < -0.39 is 0 Å². The van der Waals surface area contributed by atoms with Gasteiger partial charge in [-0.15, -0.1) is 0 Å². The lowest BCUT2D eigenvalue weighted by Gasteiger charge is -2.35. The summed E-state index contributed by atoms with van der Waals surface area (Å²) in [6, 6.07) is 8.03. The van der Waals surface area contributed by atoms with Crippen molar-refractivity contribution in [1.82, 2.24) is 19.8 Å². The van der Waals surface area contributed by atoms with Gasteiger partial charge in [0.15, 0.2) is 0 Å². The van der Waals surface area contributed by atoms with Gasteiger partial charge >= 0.3 is 0 Å². The lowest BCUT2D eigenvalue weighted by Crippen LogP contribution is -2.46. The second kappa shape index (κ2) is 10.5. The molecule has 8 heteroatoms. The summed E-state index contributed by atoms with van der Waals surface area (Å²) < 4.78 is 5.77. The molecule has 0 spiro atoms. The average molecular weight is 413 g/mol. The van der Waals surface area contributed by atoms with Gasteiger partial charge in [-0.05, 0) is 31.0 Å². The fourth-order valence-electron chi connectivity index (χ4n) is 3.73. The predicted octanol–water partition coefficient (Wildman–Crippen LogP) is 1.58. The molecule has 2 aromatic rings. The highest BCUT2D eigenvalue weighted by molar-refractivity contribution is 5.77. The molecule has 3 N–H and O–H groups in total. The minimum atomic E-state index is -0.0832. The first-order chi connectivity index (χ1) is 14.4. The Hall–Kier alpha value is -2.55. The van der Waals surface area contributed by atoms with Crippen LogP contribution in [0.15, 0.2) is 36.7 Å². The van der Waals surface area contributed by atoms with Crippen LogP contribution >= 0.6 is 0 Å². The number of aromatic nitrogens is 2.